The molecule has 3 aromatic rings. The Morgan fingerprint density at radius 1 is 1.20 bits per heavy atom. The number of halogens is 1. The van der Waals surface area contributed by atoms with Crippen molar-refractivity contribution in [2.75, 3.05) is 12.4 Å². The summed E-state index contributed by atoms with van der Waals surface area (Å²) < 4.78 is 8.38. The Bertz CT molecular complexity index is 767. The third kappa shape index (κ3) is 2.25. The van der Waals surface area contributed by atoms with E-state index in [1.165, 1.54) is 0 Å². The van der Waals surface area contributed by atoms with Gasteiger partial charge in [-0.05, 0) is 30.3 Å². The number of benzene rings is 2. The van der Waals surface area contributed by atoms with Gasteiger partial charge in [-0.2, -0.15) is 0 Å². The zero-order valence-corrected chi connectivity index (χ0v) is 12.8. The van der Waals surface area contributed by atoms with Crippen LogP contribution in [0.4, 0.5) is 11.6 Å². The monoisotopic (exact) mass is 331 g/mol. The maximum Gasteiger partial charge on any atom is 0.208 e. The number of hydrogen-bond donors (Lipinski definition) is 1. The fourth-order valence-corrected chi connectivity index (χ4v) is 2.52. The van der Waals surface area contributed by atoms with Gasteiger partial charge in [-0.15, -0.1) is 0 Å². The first-order valence-electron chi connectivity index (χ1n) is 6.21. The van der Waals surface area contributed by atoms with E-state index in [0.717, 1.165) is 32.9 Å². The van der Waals surface area contributed by atoms with Gasteiger partial charge in [0.2, 0.25) is 5.95 Å². The summed E-state index contributed by atoms with van der Waals surface area (Å²) in [6, 6.07) is 13.9. The van der Waals surface area contributed by atoms with E-state index in [0.29, 0.717) is 0 Å². The summed E-state index contributed by atoms with van der Waals surface area (Å²) in [7, 11) is 3.64. The van der Waals surface area contributed by atoms with Crippen molar-refractivity contribution in [3.8, 4) is 5.75 Å². The topological polar surface area (TPSA) is 39.1 Å². The molecule has 0 unspecified atom stereocenters. The Hall–Kier alpha value is -2.01. The molecule has 0 bridgehead atoms. The van der Waals surface area contributed by atoms with Crippen LogP contribution < -0.4 is 10.1 Å². The molecule has 0 saturated carbocycles. The number of rotatable bonds is 3. The minimum absolute atomic E-state index is 0.778. The van der Waals surface area contributed by atoms with Crippen LogP contribution in [0.3, 0.4) is 0 Å². The minimum Gasteiger partial charge on any atom is -0.495 e. The van der Waals surface area contributed by atoms with Crippen LogP contribution in [0.15, 0.2) is 46.9 Å². The maximum atomic E-state index is 5.37. The van der Waals surface area contributed by atoms with Crippen molar-refractivity contribution in [2.24, 2.45) is 7.05 Å². The second-order valence-electron chi connectivity index (χ2n) is 4.45. The van der Waals surface area contributed by atoms with Crippen molar-refractivity contribution >= 4 is 38.6 Å². The Kier molecular flexibility index (Phi) is 3.36. The molecule has 1 N–H and O–H groups in total. The van der Waals surface area contributed by atoms with E-state index >= 15 is 0 Å². The van der Waals surface area contributed by atoms with E-state index < -0.39 is 0 Å². The van der Waals surface area contributed by atoms with Gasteiger partial charge >= 0.3 is 0 Å². The molecular formula is C15H14BrN3O. The highest BCUT2D eigenvalue weighted by atomic mass is 79.9. The molecule has 5 heteroatoms. The van der Waals surface area contributed by atoms with E-state index in [4.69, 9.17) is 4.74 Å². The zero-order chi connectivity index (χ0) is 14.1. The lowest BCUT2D eigenvalue weighted by molar-refractivity contribution is 0.416. The van der Waals surface area contributed by atoms with Crippen molar-refractivity contribution in [1.82, 2.24) is 9.55 Å². The lowest BCUT2D eigenvalue weighted by Crippen LogP contribution is -2.00. The Morgan fingerprint density at radius 2 is 2.00 bits per heavy atom. The predicted molar refractivity (Wildman–Crippen MR) is 84.7 cm³/mol. The quantitative estimate of drug-likeness (QED) is 0.785. The molecule has 0 spiro atoms. The van der Waals surface area contributed by atoms with Crippen LogP contribution in [0, 0.1) is 0 Å². The number of imidazole rings is 1. The van der Waals surface area contributed by atoms with Crippen molar-refractivity contribution < 1.29 is 4.74 Å². The summed E-state index contributed by atoms with van der Waals surface area (Å²) in [5, 5.41) is 3.32. The Morgan fingerprint density at radius 3 is 2.75 bits per heavy atom. The molecule has 1 aromatic heterocycles. The van der Waals surface area contributed by atoms with Gasteiger partial charge in [0.25, 0.3) is 0 Å². The highest BCUT2D eigenvalue weighted by Crippen LogP contribution is 2.31. The summed E-state index contributed by atoms with van der Waals surface area (Å²) >= 11 is 3.47. The van der Waals surface area contributed by atoms with Crippen LogP contribution >= 0.6 is 15.9 Å². The van der Waals surface area contributed by atoms with Crippen LogP contribution in [-0.4, -0.2) is 16.7 Å². The molecule has 0 saturated heterocycles. The van der Waals surface area contributed by atoms with Crippen molar-refractivity contribution in [3.05, 3.63) is 46.9 Å². The third-order valence-corrected chi connectivity index (χ3v) is 3.69. The highest BCUT2D eigenvalue weighted by molar-refractivity contribution is 9.10. The normalized spacial score (nSPS) is 10.8. The number of para-hydroxylation sites is 2. The first kappa shape index (κ1) is 13.0. The molecule has 1 heterocycles. The van der Waals surface area contributed by atoms with Crippen LogP contribution in [0.5, 0.6) is 5.75 Å². The first-order valence-corrected chi connectivity index (χ1v) is 7.00. The fraction of sp³-hybridized carbons (Fsp3) is 0.133. The number of methoxy groups -OCH3 is 1. The number of hydrogen-bond acceptors (Lipinski definition) is 3. The van der Waals surface area contributed by atoms with Gasteiger partial charge < -0.3 is 14.6 Å². The van der Waals surface area contributed by atoms with Crippen molar-refractivity contribution in [3.63, 3.8) is 0 Å². The minimum atomic E-state index is 0.778. The molecule has 0 amide bonds. The molecule has 3 rings (SSSR count). The molecule has 0 aliphatic heterocycles. The number of fused-ring (bicyclic) bond motifs is 1. The molecule has 0 aliphatic carbocycles. The molecule has 20 heavy (non-hydrogen) atoms. The van der Waals surface area contributed by atoms with Gasteiger partial charge in [-0.3, -0.25) is 0 Å². The highest BCUT2D eigenvalue weighted by Gasteiger charge is 2.10. The number of anilines is 2. The number of aromatic nitrogens is 2. The summed E-state index contributed by atoms with van der Waals surface area (Å²) in [6.07, 6.45) is 0. The lowest BCUT2D eigenvalue weighted by atomic mass is 10.3. The summed E-state index contributed by atoms with van der Waals surface area (Å²) in [6.45, 7) is 0. The molecule has 0 fully saturated rings. The van der Waals surface area contributed by atoms with E-state index in [1.54, 1.807) is 7.11 Å². The van der Waals surface area contributed by atoms with E-state index in [2.05, 4.69) is 26.2 Å². The van der Waals surface area contributed by atoms with Crippen LogP contribution in [0.1, 0.15) is 0 Å². The molecule has 102 valence electrons. The molecule has 4 nitrogen and oxygen atoms in total. The lowest BCUT2D eigenvalue weighted by Gasteiger charge is -2.11. The number of nitrogens with zero attached hydrogens (tertiary/aromatic N) is 2. The van der Waals surface area contributed by atoms with E-state index in [-0.39, 0.29) is 0 Å². The zero-order valence-electron chi connectivity index (χ0n) is 11.2. The van der Waals surface area contributed by atoms with Gasteiger partial charge in [0.1, 0.15) is 5.75 Å². The van der Waals surface area contributed by atoms with Crippen LogP contribution in [0.2, 0.25) is 0 Å². The van der Waals surface area contributed by atoms with Gasteiger partial charge in [0.15, 0.2) is 0 Å². The largest absolute Gasteiger partial charge is 0.495 e. The van der Waals surface area contributed by atoms with E-state index in [9.17, 15) is 0 Å². The third-order valence-electron chi connectivity index (χ3n) is 3.20. The average molecular weight is 332 g/mol. The summed E-state index contributed by atoms with van der Waals surface area (Å²) in [4.78, 5) is 4.59. The number of nitrogens with one attached hydrogen (secondary N) is 1. The van der Waals surface area contributed by atoms with Crippen LogP contribution in [0.25, 0.3) is 11.0 Å². The SMILES string of the molecule is COc1ccc(Br)cc1Nc1nc2ccccc2n1C. The molecule has 2 aromatic carbocycles. The Balaban J connectivity index is 2.05. The first-order chi connectivity index (χ1) is 9.69. The van der Waals surface area contributed by atoms with Gasteiger partial charge in [0.05, 0.1) is 23.8 Å². The van der Waals surface area contributed by atoms with E-state index in [1.807, 2.05) is 54.1 Å². The standard InChI is InChI=1S/C15H14BrN3O/c1-19-13-6-4-3-5-11(13)17-15(19)18-12-9-10(16)7-8-14(12)20-2/h3-9H,1-2H3,(H,17,18). The van der Waals surface area contributed by atoms with Gasteiger partial charge in [-0.1, -0.05) is 28.1 Å². The fourth-order valence-electron chi connectivity index (χ4n) is 2.16. The van der Waals surface area contributed by atoms with Crippen molar-refractivity contribution in [2.45, 2.75) is 0 Å². The van der Waals surface area contributed by atoms with Crippen LogP contribution in [-0.2, 0) is 7.05 Å². The van der Waals surface area contributed by atoms with Crippen molar-refractivity contribution in [1.29, 1.82) is 0 Å². The molecule has 0 aliphatic rings. The molecular weight excluding hydrogens is 318 g/mol. The summed E-state index contributed by atoms with van der Waals surface area (Å²) in [5.74, 6) is 1.56. The predicted octanol–water partition coefficient (Wildman–Crippen LogP) is 4.09. The number of ether oxygens (including phenoxy) is 1. The second-order valence-corrected chi connectivity index (χ2v) is 5.37. The molecule has 0 atom stereocenters. The average Bonchev–Trinajstić information content (AvgIpc) is 2.76. The molecule has 0 radical (unpaired) electrons. The summed E-state index contributed by atoms with van der Waals surface area (Å²) in [5.41, 5.74) is 2.93. The van der Waals surface area contributed by atoms with Gasteiger partial charge in [-0.25, -0.2) is 4.98 Å². The smallest absolute Gasteiger partial charge is 0.208 e. The Labute approximate surface area is 125 Å². The van der Waals surface area contributed by atoms with Gasteiger partial charge in [0, 0.05) is 11.5 Å². The number of aryl methyl sites for hydroxylation is 1. The second kappa shape index (κ2) is 5.17. The maximum absolute atomic E-state index is 5.37.